The SMILES string of the molecule is Nc1c(I)cc(S(=O)(=O)Nc2ccc(C(=O)O)cc2)cc1I. The first-order chi connectivity index (χ1) is 10.2. The fourth-order valence-corrected chi connectivity index (χ4v) is 4.91. The Bertz CT molecular complexity index is 813. The van der Waals surface area contributed by atoms with Crippen molar-refractivity contribution >= 4 is 72.5 Å². The molecule has 0 aliphatic carbocycles. The molecule has 0 bridgehead atoms. The van der Waals surface area contributed by atoms with E-state index >= 15 is 0 Å². The van der Waals surface area contributed by atoms with Gasteiger partial charge in [0.25, 0.3) is 10.0 Å². The van der Waals surface area contributed by atoms with Crippen LogP contribution in [-0.4, -0.2) is 19.5 Å². The highest BCUT2D eigenvalue weighted by atomic mass is 127. The van der Waals surface area contributed by atoms with E-state index in [1.807, 2.05) is 45.2 Å². The van der Waals surface area contributed by atoms with Gasteiger partial charge in [0.2, 0.25) is 0 Å². The maximum Gasteiger partial charge on any atom is 0.335 e. The monoisotopic (exact) mass is 544 g/mol. The predicted octanol–water partition coefficient (Wildman–Crippen LogP) is 2.98. The maximum atomic E-state index is 12.4. The van der Waals surface area contributed by atoms with Gasteiger partial charge in [-0.25, -0.2) is 13.2 Å². The summed E-state index contributed by atoms with van der Waals surface area (Å²) in [4.78, 5) is 10.9. The third-order valence-electron chi connectivity index (χ3n) is 2.75. The van der Waals surface area contributed by atoms with Crippen molar-refractivity contribution in [2.45, 2.75) is 4.90 Å². The lowest BCUT2D eigenvalue weighted by molar-refractivity contribution is 0.0697. The third-order valence-corrected chi connectivity index (χ3v) is 5.89. The fraction of sp³-hybridized carbons (Fsp3) is 0. The predicted molar refractivity (Wildman–Crippen MR) is 100 cm³/mol. The first kappa shape index (κ1) is 17.3. The van der Waals surface area contributed by atoms with E-state index in [0.29, 0.717) is 12.8 Å². The van der Waals surface area contributed by atoms with Gasteiger partial charge in [-0.2, -0.15) is 0 Å². The highest BCUT2D eigenvalue weighted by molar-refractivity contribution is 14.1. The summed E-state index contributed by atoms with van der Waals surface area (Å²) in [5.41, 5.74) is 6.71. The molecule has 0 amide bonds. The molecule has 0 spiro atoms. The van der Waals surface area contributed by atoms with Gasteiger partial charge >= 0.3 is 5.97 Å². The van der Waals surface area contributed by atoms with Crippen LogP contribution in [0.4, 0.5) is 11.4 Å². The normalized spacial score (nSPS) is 11.2. The summed E-state index contributed by atoms with van der Waals surface area (Å²) in [7, 11) is -3.77. The number of benzene rings is 2. The first-order valence-electron chi connectivity index (χ1n) is 5.81. The topological polar surface area (TPSA) is 109 Å². The van der Waals surface area contributed by atoms with Crippen LogP contribution in [0.25, 0.3) is 0 Å². The maximum absolute atomic E-state index is 12.4. The van der Waals surface area contributed by atoms with Crippen LogP contribution in [0.1, 0.15) is 10.4 Å². The molecule has 4 N–H and O–H groups in total. The second-order valence-corrected chi connectivity index (χ2v) is 8.30. The number of sulfonamides is 1. The quantitative estimate of drug-likeness (QED) is 0.406. The van der Waals surface area contributed by atoms with E-state index in [1.165, 1.54) is 36.4 Å². The van der Waals surface area contributed by atoms with Crippen molar-refractivity contribution in [2.24, 2.45) is 0 Å². The van der Waals surface area contributed by atoms with Crippen molar-refractivity contribution < 1.29 is 18.3 Å². The number of halogens is 2. The minimum absolute atomic E-state index is 0.0829. The second kappa shape index (κ2) is 6.58. The lowest BCUT2D eigenvalue weighted by Crippen LogP contribution is -2.14. The number of carboxylic acids is 1. The van der Waals surface area contributed by atoms with Crippen LogP contribution < -0.4 is 10.5 Å². The Balaban J connectivity index is 2.33. The van der Waals surface area contributed by atoms with Gasteiger partial charge in [0.1, 0.15) is 0 Å². The molecule has 0 aliphatic heterocycles. The summed E-state index contributed by atoms with van der Waals surface area (Å²) in [6.45, 7) is 0. The number of hydrogen-bond acceptors (Lipinski definition) is 4. The second-order valence-electron chi connectivity index (χ2n) is 4.29. The summed E-state index contributed by atoms with van der Waals surface area (Å²) in [5, 5.41) is 8.82. The van der Waals surface area contributed by atoms with Gasteiger partial charge in [0, 0.05) is 12.8 Å². The zero-order chi connectivity index (χ0) is 16.5. The summed E-state index contributed by atoms with van der Waals surface area (Å²) >= 11 is 3.94. The van der Waals surface area contributed by atoms with Gasteiger partial charge in [-0.1, -0.05) is 0 Å². The number of rotatable bonds is 4. The molecule has 0 saturated heterocycles. The third kappa shape index (κ3) is 3.81. The number of hydrogen-bond donors (Lipinski definition) is 3. The van der Waals surface area contributed by atoms with Crippen LogP contribution >= 0.6 is 45.2 Å². The Morgan fingerprint density at radius 2 is 1.59 bits per heavy atom. The zero-order valence-electron chi connectivity index (χ0n) is 10.9. The van der Waals surface area contributed by atoms with Gasteiger partial charge in [0.15, 0.2) is 0 Å². The smallest absolute Gasteiger partial charge is 0.335 e. The van der Waals surface area contributed by atoms with Crippen LogP contribution in [0.5, 0.6) is 0 Å². The van der Waals surface area contributed by atoms with E-state index in [9.17, 15) is 13.2 Å². The van der Waals surface area contributed by atoms with Crippen LogP contribution in [-0.2, 0) is 10.0 Å². The summed E-state index contributed by atoms with van der Waals surface area (Å²) in [6.07, 6.45) is 0. The van der Waals surface area contributed by atoms with Crippen LogP contribution in [0.3, 0.4) is 0 Å². The van der Waals surface area contributed by atoms with Gasteiger partial charge in [-0.05, 0) is 81.6 Å². The van der Waals surface area contributed by atoms with Crippen LogP contribution in [0, 0.1) is 7.14 Å². The highest BCUT2D eigenvalue weighted by Crippen LogP contribution is 2.27. The van der Waals surface area contributed by atoms with Crippen LogP contribution in [0.15, 0.2) is 41.3 Å². The molecule has 2 aromatic carbocycles. The van der Waals surface area contributed by atoms with Gasteiger partial charge in [-0.3, -0.25) is 4.72 Å². The average Bonchev–Trinajstić information content (AvgIpc) is 2.44. The van der Waals surface area contributed by atoms with Crippen molar-refractivity contribution in [3.05, 3.63) is 49.1 Å². The zero-order valence-corrected chi connectivity index (χ0v) is 16.0. The van der Waals surface area contributed by atoms with Crippen molar-refractivity contribution in [2.75, 3.05) is 10.5 Å². The Kier molecular flexibility index (Phi) is 5.17. The summed E-state index contributed by atoms with van der Waals surface area (Å²) < 4.78 is 28.4. The Hall–Kier alpha value is -1.08. The van der Waals surface area contributed by atoms with Crippen LogP contribution in [0.2, 0.25) is 0 Å². The van der Waals surface area contributed by atoms with E-state index in [1.54, 1.807) is 0 Å². The number of nitrogens with two attached hydrogens (primary N) is 1. The molecule has 0 heterocycles. The molecule has 116 valence electrons. The molecule has 22 heavy (non-hydrogen) atoms. The number of anilines is 2. The molecular formula is C13H10I2N2O4S. The number of nitrogens with one attached hydrogen (secondary N) is 1. The number of nitrogen functional groups attached to an aromatic ring is 1. The largest absolute Gasteiger partial charge is 0.478 e. The molecule has 6 nitrogen and oxygen atoms in total. The Morgan fingerprint density at radius 3 is 2.05 bits per heavy atom. The van der Waals surface area contributed by atoms with Crippen molar-refractivity contribution in [3.63, 3.8) is 0 Å². The molecule has 9 heteroatoms. The van der Waals surface area contributed by atoms with E-state index in [2.05, 4.69) is 4.72 Å². The highest BCUT2D eigenvalue weighted by Gasteiger charge is 2.17. The number of carboxylic acid groups (broad SMARTS) is 1. The van der Waals surface area contributed by atoms with Crippen molar-refractivity contribution in [1.82, 2.24) is 0 Å². The standard InChI is InChI=1S/C13H10I2N2O4S/c14-10-5-9(6-11(15)12(10)16)22(20,21)17-8-3-1-7(2-4-8)13(18)19/h1-6,17H,16H2,(H,18,19). The Labute approximate surface area is 154 Å². The molecule has 2 rings (SSSR count). The average molecular weight is 544 g/mol. The molecule has 0 radical (unpaired) electrons. The molecule has 0 aromatic heterocycles. The van der Waals surface area contributed by atoms with E-state index in [-0.39, 0.29) is 16.1 Å². The molecule has 0 atom stereocenters. The molecule has 0 aliphatic rings. The first-order valence-corrected chi connectivity index (χ1v) is 9.45. The summed E-state index contributed by atoms with van der Waals surface area (Å²) in [5.74, 6) is -1.07. The van der Waals surface area contributed by atoms with Gasteiger partial charge in [-0.15, -0.1) is 0 Å². The molecule has 0 fully saturated rings. The molecule has 2 aromatic rings. The summed E-state index contributed by atoms with van der Waals surface area (Å²) in [6, 6.07) is 8.41. The van der Waals surface area contributed by atoms with Gasteiger partial charge in [0.05, 0.1) is 16.1 Å². The molecule has 0 unspecified atom stereocenters. The fourth-order valence-electron chi connectivity index (χ4n) is 1.61. The minimum Gasteiger partial charge on any atom is -0.478 e. The minimum atomic E-state index is -3.77. The number of aromatic carboxylic acids is 1. The lowest BCUT2D eigenvalue weighted by Gasteiger charge is -2.10. The lowest BCUT2D eigenvalue weighted by atomic mass is 10.2. The van der Waals surface area contributed by atoms with E-state index in [0.717, 1.165) is 0 Å². The Morgan fingerprint density at radius 1 is 1.09 bits per heavy atom. The van der Waals surface area contributed by atoms with Crippen molar-refractivity contribution in [3.8, 4) is 0 Å². The molecular weight excluding hydrogens is 534 g/mol. The van der Waals surface area contributed by atoms with Crippen molar-refractivity contribution in [1.29, 1.82) is 0 Å². The molecule has 0 saturated carbocycles. The van der Waals surface area contributed by atoms with E-state index in [4.69, 9.17) is 10.8 Å². The van der Waals surface area contributed by atoms with E-state index < -0.39 is 16.0 Å². The van der Waals surface area contributed by atoms with Gasteiger partial charge < -0.3 is 10.8 Å². The number of carbonyl (C=O) groups is 1.